The van der Waals surface area contributed by atoms with E-state index in [1.54, 1.807) is 14.2 Å². The highest BCUT2D eigenvalue weighted by molar-refractivity contribution is 5.56. The molecule has 0 atom stereocenters. The number of nitrogens with one attached hydrogen (secondary N) is 5. The van der Waals surface area contributed by atoms with Crippen LogP contribution < -0.4 is 31.1 Å². The first-order chi connectivity index (χ1) is 16.5. The Morgan fingerprint density at radius 3 is 1.65 bits per heavy atom. The van der Waals surface area contributed by atoms with Crippen LogP contribution in [0.1, 0.15) is 11.1 Å². The van der Waals surface area contributed by atoms with Crippen LogP contribution in [0.5, 0.6) is 17.4 Å². The Labute approximate surface area is 194 Å². The maximum Gasteiger partial charge on any atom is 0.327 e. The van der Waals surface area contributed by atoms with Gasteiger partial charge >= 0.3 is 5.69 Å². The Morgan fingerprint density at radius 2 is 1.24 bits per heavy atom. The third-order valence-electron chi connectivity index (χ3n) is 4.80. The number of anilines is 4. The second-order valence-electron chi connectivity index (χ2n) is 7.14. The van der Waals surface area contributed by atoms with Gasteiger partial charge in [-0.1, -0.05) is 24.3 Å². The Balaban J connectivity index is 1.52. The standard InChI is InChI=1S/C22H24N8O4/c1-33-15-7-3-13(4-8-15)11-23-19-28-20(24-12-14-5-9-16(34-2)10-6-14)30-21(29-19)25-17-18(31)27-22(32)26-17/h3-10,31H,11-12H2,1-2H3,(H2,26,27,32)(H3,23,24,25,28,29,30). The molecular formula is C22H24N8O4. The molecule has 0 aliphatic rings. The molecule has 0 aliphatic carbocycles. The number of rotatable bonds is 10. The summed E-state index contributed by atoms with van der Waals surface area (Å²) in [5.74, 6) is 1.92. The fourth-order valence-corrected chi connectivity index (χ4v) is 3.02. The lowest BCUT2D eigenvalue weighted by Crippen LogP contribution is -2.11. The molecule has 0 aliphatic heterocycles. The quantitative estimate of drug-likeness (QED) is 0.206. The average Bonchev–Trinajstić information content (AvgIpc) is 3.18. The lowest BCUT2D eigenvalue weighted by atomic mass is 10.2. The van der Waals surface area contributed by atoms with Gasteiger partial charge in [0.2, 0.25) is 23.7 Å². The molecule has 12 nitrogen and oxygen atoms in total. The van der Waals surface area contributed by atoms with Crippen molar-refractivity contribution in [2.45, 2.75) is 13.1 Å². The Morgan fingerprint density at radius 1 is 0.765 bits per heavy atom. The first-order valence-corrected chi connectivity index (χ1v) is 10.3. The lowest BCUT2D eigenvalue weighted by Gasteiger charge is -2.11. The van der Waals surface area contributed by atoms with Gasteiger partial charge in [-0.05, 0) is 35.4 Å². The third kappa shape index (κ3) is 5.73. The van der Waals surface area contributed by atoms with Crippen LogP contribution in [0, 0.1) is 0 Å². The van der Waals surface area contributed by atoms with E-state index in [0.29, 0.717) is 25.0 Å². The van der Waals surface area contributed by atoms with Gasteiger partial charge in [0.05, 0.1) is 14.2 Å². The maximum absolute atomic E-state index is 11.4. The Bertz CT molecular complexity index is 1220. The van der Waals surface area contributed by atoms with Gasteiger partial charge in [0.25, 0.3) is 0 Å². The number of methoxy groups -OCH3 is 2. The van der Waals surface area contributed by atoms with E-state index in [4.69, 9.17) is 9.47 Å². The summed E-state index contributed by atoms with van der Waals surface area (Å²) in [6, 6.07) is 15.2. The molecule has 0 radical (unpaired) electrons. The van der Waals surface area contributed by atoms with E-state index in [2.05, 4.69) is 40.9 Å². The molecular weight excluding hydrogens is 440 g/mol. The van der Waals surface area contributed by atoms with Crippen molar-refractivity contribution >= 4 is 23.7 Å². The lowest BCUT2D eigenvalue weighted by molar-refractivity contribution is 0.414. The predicted molar refractivity (Wildman–Crippen MR) is 127 cm³/mol. The molecule has 176 valence electrons. The number of H-pyrrole nitrogens is 2. The van der Waals surface area contributed by atoms with Gasteiger partial charge < -0.3 is 30.5 Å². The minimum absolute atomic E-state index is 0.0402. The van der Waals surface area contributed by atoms with Gasteiger partial charge in [0, 0.05) is 13.1 Å². The smallest absolute Gasteiger partial charge is 0.327 e. The van der Waals surface area contributed by atoms with Gasteiger partial charge in [0.1, 0.15) is 11.5 Å². The summed E-state index contributed by atoms with van der Waals surface area (Å²) in [6.07, 6.45) is 0. The van der Waals surface area contributed by atoms with Gasteiger partial charge in [-0.25, -0.2) is 4.79 Å². The van der Waals surface area contributed by atoms with Crippen LogP contribution in [0.25, 0.3) is 0 Å². The minimum atomic E-state index is -0.565. The van der Waals surface area contributed by atoms with E-state index < -0.39 is 5.69 Å². The van der Waals surface area contributed by atoms with E-state index >= 15 is 0 Å². The zero-order chi connectivity index (χ0) is 23.9. The first-order valence-electron chi connectivity index (χ1n) is 10.3. The number of aromatic hydroxyl groups is 1. The third-order valence-corrected chi connectivity index (χ3v) is 4.80. The SMILES string of the molecule is COc1ccc(CNc2nc(NCc3ccc(OC)cc3)nc(Nc3[nH]c(=O)[nH]c3O)n2)cc1. The summed E-state index contributed by atoms with van der Waals surface area (Å²) >= 11 is 0. The van der Waals surface area contributed by atoms with Gasteiger partial charge in [-0.15, -0.1) is 0 Å². The van der Waals surface area contributed by atoms with Crippen molar-refractivity contribution in [2.75, 3.05) is 30.2 Å². The predicted octanol–water partition coefficient (Wildman–Crippen LogP) is 2.58. The van der Waals surface area contributed by atoms with Crippen LogP contribution >= 0.6 is 0 Å². The van der Waals surface area contributed by atoms with Crippen LogP contribution in [0.4, 0.5) is 23.7 Å². The van der Waals surface area contributed by atoms with Crippen molar-refractivity contribution in [3.63, 3.8) is 0 Å². The van der Waals surface area contributed by atoms with E-state index in [0.717, 1.165) is 22.6 Å². The van der Waals surface area contributed by atoms with E-state index in [1.165, 1.54) is 0 Å². The highest BCUT2D eigenvalue weighted by atomic mass is 16.5. The molecule has 0 amide bonds. The number of ether oxygens (including phenoxy) is 2. The zero-order valence-electron chi connectivity index (χ0n) is 18.5. The number of nitrogens with zero attached hydrogens (tertiary/aromatic N) is 3. The van der Waals surface area contributed by atoms with Crippen LogP contribution in [0.2, 0.25) is 0 Å². The molecule has 6 N–H and O–H groups in total. The summed E-state index contributed by atoms with van der Waals surface area (Å²) in [4.78, 5) is 29.2. The van der Waals surface area contributed by atoms with Crippen LogP contribution in [-0.4, -0.2) is 44.2 Å². The van der Waals surface area contributed by atoms with Crippen molar-refractivity contribution in [3.8, 4) is 17.4 Å². The minimum Gasteiger partial charge on any atom is -0.497 e. The largest absolute Gasteiger partial charge is 0.497 e. The topological polar surface area (TPSA) is 162 Å². The van der Waals surface area contributed by atoms with Crippen LogP contribution in [-0.2, 0) is 13.1 Å². The second kappa shape index (κ2) is 10.3. The number of hydrogen-bond acceptors (Lipinski definition) is 10. The number of benzene rings is 2. The van der Waals surface area contributed by atoms with E-state index in [9.17, 15) is 9.90 Å². The molecule has 0 fully saturated rings. The fourth-order valence-electron chi connectivity index (χ4n) is 3.02. The van der Waals surface area contributed by atoms with Crippen molar-refractivity contribution < 1.29 is 14.6 Å². The van der Waals surface area contributed by atoms with Crippen molar-refractivity contribution in [1.29, 1.82) is 0 Å². The number of hydrogen-bond donors (Lipinski definition) is 6. The monoisotopic (exact) mass is 464 g/mol. The molecule has 4 rings (SSSR count). The number of aromatic nitrogens is 5. The molecule has 0 saturated heterocycles. The van der Waals surface area contributed by atoms with Gasteiger partial charge in [-0.3, -0.25) is 9.97 Å². The molecule has 4 aromatic rings. The number of imidazole rings is 1. The molecule has 2 aromatic carbocycles. The van der Waals surface area contributed by atoms with Gasteiger partial charge in [0.15, 0.2) is 5.82 Å². The molecule has 34 heavy (non-hydrogen) atoms. The van der Waals surface area contributed by atoms with E-state index in [-0.39, 0.29) is 17.6 Å². The first kappa shape index (κ1) is 22.5. The van der Waals surface area contributed by atoms with Gasteiger partial charge in [-0.2, -0.15) is 15.0 Å². The van der Waals surface area contributed by atoms with Crippen molar-refractivity contribution in [1.82, 2.24) is 24.9 Å². The van der Waals surface area contributed by atoms with Crippen LogP contribution in [0.15, 0.2) is 53.3 Å². The molecule has 0 bridgehead atoms. The Kier molecular flexibility index (Phi) is 6.77. The zero-order valence-corrected chi connectivity index (χ0v) is 18.5. The summed E-state index contributed by atoms with van der Waals surface area (Å²) in [6.45, 7) is 0.912. The Hall–Kier alpha value is -4.74. The molecule has 2 aromatic heterocycles. The van der Waals surface area contributed by atoms with Crippen molar-refractivity contribution in [3.05, 3.63) is 70.1 Å². The molecule has 2 heterocycles. The molecule has 0 saturated carbocycles. The maximum atomic E-state index is 11.4. The summed E-state index contributed by atoms with van der Waals surface area (Å²) in [5, 5.41) is 18.9. The average molecular weight is 464 g/mol. The molecule has 0 unspecified atom stereocenters. The molecule has 0 spiro atoms. The second-order valence-corrected chi connectivity index (χ2v) is 7.14. The summed E-state index contributed by atoms with van der Waals surface area (Å²) in [5.41, 5.74) is 1.43. The van der Waals surface area contributed by atoms with Crippen LogP contribution in [0.3, 0.4) is 0 Å². The molecule has 12 heteroatoms. The summed E-state index contributed by atoms with van der Waals surface area (Å²) in [7, 11) is 3.23. The summed E-state index contributed by atoms with van der Waals surface area (Å²) < 4.78 is 10.4. The van der Waals surface area contributed by atoms with Crippen molar-refractivity contribution in [2.24, 2.45) is 0 Å². The fraction of sp³-hybridized carbons (Fsp3) is 0.182. The highest BCUT2D eigenvalue weighted by Crippen LogP contribution is 2.20. The highest BCUT2D eigenvalue weighted by Gasteiger charge is 2.11. The van der Waals surface area contributed by atoms with E-state index in [1.807, 2.05) is 48.5 Å². The number of aromatic amines is 2. The normalized spacial score (nSPS) is 10.5.